The molecule has 17 heavy (non-hydrogen) atoms. The first-order valence-electron chi connectivity index (χ1n) is 5.61. The van der Waals surface area contributed by atoms with Crippen LogP contribution in [0.25, 0.3) is 0 Å². The van der Waals surface area contributed by atoms with Gasteiger partial charge in [0, 0.05) is 5.56 Å². The van der Waals surface area contributed by atoms with E-state index in [0.717, 1.165) is 11.3 Å². The Kier molecular flexibility index (Phi) is 3.43. The lowest BCUT2D eigenvalue weighted by Crippen LogP contribution is -2.00. The zero-order valence-corrected chi connectivity index (χ0v) is 10.0. The Hall–Kier alpha value is -1.83. The van der Waals surface area contributed by atoms with E-state index in [1.807, 2.05) is 37.3 Å². The predicted octanol–water partition coefficient (Wildman–Crippen LogP) is 4.02. The van der Waals surface area contributed by atoms with Crippen molar-refractivity contribution in [2.24, 2.45) is 0 Å². The normalized spacial score (nSPS) is 10.3. The smallest absolute Gasteiger partial charge is 0.132 e. The molecular formula is C15H15FO. The van der Waals surface area contributed by atoms with Gasteiger partial charge in [0.1, 0.15) is 18.2 Å². The monoisotopic (exact) mass is 230 g/mol. The zero-order valence-electron chi connectivity index (χ0n) is 10.0. The van der Waals surface area contributed by atoms with Gasteiger partial charge in [-0.25, -0.2) is 4.39 Å². The number of ether oxygens (including phenoxy) is 1. The van der Waals surface area contributed by atoms with Gasteiger partial charge in [0.25, 0.3) is 0 Å². The molecule has 0 fully saturated rings. The number of rotatable bonds is 3. The standard InChI is InChI=1S/C15H15FO/c1-11-6-3-4-9-14(11)17-10-13-8-5-7-12(2)15(13)16/h3-9H,10H2,1-2H3. The average molecular weight is 230 g/mol. The molecule has 2 rings (SSSR count). The van der Waals surface area contributed by atoms with Crippen LogP contribution in [0.2, 0.25) is 0 Å². The highest BCUT2D eigenvalue weighted by Crippen LogP contribution is 2.19. The number of para-hydroxylation sites is 1. The number of hydrogen-bond donors (Lipinski definition) is 0. The Morgan fingerprint density at radius 2 is 1.65 bits per heavy atom. The molecule has 2 aromatic rings. The van der Waals surface area contributed by atoms with Crippen molar-refractivity contribution in [2.75, 3.05) is 0 Å². The van der Waals surface area contributed by atoms with E-state index >= 15 is 0 Å². The highest BCUT2D eigenvalue weighted by atomic mass is 19.1. The van der Waals surface area contributed by atoms with Crippen LogP contribution in [0.5, 0.6) is 5.75 Å². The maximum Gasteiger partial charge on any atom is 0.132 e. The Morgan fingerprint density at radius 1 is 0.941 bits per heavy atom. The minimum atomic E-state index is -0.180. The maximum atomic E-state index is 13.7. The molecule has 0 bridgehead atoms. The average Bonchev–Trinajstić information content (AvgIpc) is 2.33. The number of halogens is 1. The molecule has 0 saturated carbocycles. The third-order valence-electron chi connectivity index (χ3n) is 2.75. The first-order chi connectivity index (χ1) is 8.18. The molecule has 0 aliphatic rings. The van der Waals surface area contributed by atoms with Crippen LogP contribution < -0.4 is 4.74 Å². The molecular weight excluding hydrogens is 215 g/mol. The van der Waals surface area contributed by atoms with Crippen LogP contribution in [-0.4, -0.2) is 0 Å². The van der Waals surface area contributed by atoms with E-state index in [1.165, 1.54) is 0 Å². The van der Waals surface area contributed by atoms with Gasteiger partial charge in [-0.2, -0.15) is 0 Å². The maximum absolute atomic E-state index is 13.7. The van der Waals surface area contributed by atoms with E-state index in [2.05, 4.69) is 0 Å². The summed E-state index contributed by atoms with van der Waals surface area (Å²) in [5.41, 5.74) is 2.30. The lowest BCUT2D eigenvalue weighted by Gasteiger charge is -2.10. The summed E-state index contributed by atoms with van der Waals surface area (Å²) >= 11 is 0. The quantitative estimate of drug-likeness (QED) is 0.773. The minimum Gasteiger partial charge on any atom is -0.489 e. The van der Waals surface area contributed by atoms with Crippen LogP contribution in [0.4, 0.5) is 4.39 Å². The molecule has 0 aromatic heterocycles. The summed E-state index contributed by atoms with van der Waals surface area (Å²) in [6, 6.07) is 13.1. The van der Waals surface area contributed by atoms with Crippen molar-refractivity contribution in [1.82, 2.24) is 0 Å². The van der Waals surface area contributed by atoms with Crippen molar-refractivity contribution in [3.8, 4) is 5.75 Å². The van der Waals surface area contributed by atoms with E-state index in [4.69, 9.17) is 4.74 Å². The molecule has 0 spiro atoms. The highest BCUT2D eigenvalue weighted by Gasteiger charge is 2.06. The highest BCUT2D eigenvalue weighted by molar-refractivity contribution is 5.32. The molecule has 1 nitrogen and oxygen atoms in total. The third-order valence-corrected chi connectivity index (χ3v) is 2.75. The van der Waals surface area contributed by atoms with Crippen molar-refractivity contribution in [1.29, 1.82) is 0 Å². The molecule has 0 aliphatic carbocycles. The van der Waals surface area contributed by atoms with Crippen LogP contribution in [0.3, 0.4) is 0 Å². The lowest BCUT2D eigenvalue weighted by atomic mass is 10.1. The van der Waals surface area contributed by atoms with Gasteiger partial charge in [-0.15, -0.1) is 0 Å². The van der Waals surface area contributed by atoms with E-state index in [9.17, 15) is 4.39 Å². The molecule has 0 aliphatic heterocycles. The van der Waals surface area contributed by atoms with E-state index in [-0.39, 0.29) is 12.4 Å². The largest absolute Gasteiger partial charge is 0.489 e. The molecule has 0 heterocycles. The Bertz CT molecular complexity index is 520. The summed E-state index contributed by atoms with van der Waals surface area (Å²) in [7, 11) is 0. The van der Waals surface area contributed by atoms with Gasteiger partial charge < -0.3 is 4.74 Å². The molecule has 0 N–H and O–H groups in total. The SMILES string of the molecule is Cc1ccccc1OCc1cccc(C)c1F. The first kappa shape index (κ1) is 11.6. The second-order valence-electron chi connectivity index (χ2n) is 4.10. The molecule has 0 saturated heterocycles. The molecule has 0 unspecified atom stereocenters. The fourth-order valence-corrected chi connectivity index (χ4v) is 1.69. The van der Waals surface area contributed by atoms with Crippen LogP contribution in [0.1, 0.15) is 16.7 Å². The summed E-state index contributed by atoms with van der Waals surface area (Å²) in [6.07, 6.45) is 0. The number of aryl methyl sites for hydroxylation is 2. The molecule has 0 amide bonds. The van der Waals surface area contributed by atoms with Crippen molar-refractivity contribution in [3.63, 3.8) is 0 Å². The summed E-state index contributed by atoms with van der Waals surface area (Å²) in [5.74, 6) is 0.620. The van der Waals surface area contributed by atoms with Crippen molar-refractivity contribution in [3.05, 3.63) is 65.0 Å². The van der Waals surface area contributed by atoms with Gasteiger partial charge >= 0.3 is 0 Å². The fourth-order valence-electron chi connectivity index (χ4n) is 1.69. The Morgan fingerprint density at radius 3 is 2.41 bits per heavy atom. The van der Waals surface area contributed by atoms with Crippen molar-refractivity contribution in [2.45, 2.75) is 20.5 Å². The van der Waals surface area contributed by atoms with Gasteiger partial charge in [0.05, 0.1) is 0 Å². The van der Waals surface area contributed by atoms with Crippen LogP contribution >= 0.6 is 0 Å². The Labute approximate surface area is 101 Å². The van der Waals surface area contributed by atoms with Gasteiger partial charge in [-0.05, 0) is 31.0 Å². The summed E-state index contributed by atoms with van der Waals surface area (Å²) in [6.45, 7) is 3.99. The number of hydrogen-bond acceptors (Lipinski definition) is 1. The third kappa shape index (κ3) is 2.64. The molecule has 2 heteroatoms. The number of benzene rings is 2. The molecule has 0 atom stereocenters. The summed E-state index contributed by atoms with van der Waals surface area (Å²) < 4.78 is 19.3. The fraction of sp³-hybridized carbons (Fsp3) is 0.200. The lowest BCUT2D eigenvalue weighted by molar-refractivity contribution is 0.297. The van der Waals surface area contributed by atoms with Gasteiger partial charge in [0.2, 0.25) is 0 Å². The molecule has 2 aromatic carbocycles. The predicted molar refractivity (Wildman–Crippen MR) is 66.6 cm³/mol. The van der Waals surface area contributed by atoms with Gasteiger partial charge in [-0.3, -0.25) is 0 Å². The van der Waals surface area contributed by atoms with E-state index < -0.39 is 0 Å². The first-order valence-corrected chi connectivity index (χ1v) is 5.61. The summed E-state index contributed by atoms with van der Waals surface area (Å²) in [5, 5.41) is 0. The molecule has 88 valence electrons. The van der Waals surface area contributed by atoms with Gasteiger partial charge in [0.15, 0.2) is 0 Å². The van der Waals surface area contributed by atoms with E-state index in [1.54, 1.807) is 19.1 Å². The second-order valence-corrected chi connectivity index (χ2v) is 4.10. The Balaban J connectivity index is 2.13. The van der Waals surface area contributed by atoms with Crippen molar-refractivity contribution >= 4 is 0 Å². The second kappa shape index (κ2) is 5.00. The van der Waals surface area contributed by atoms with Crippen LogP contribution in [0, 0.1) is 19.7 Å². The topological polar surface area (TPSA) is 9.23 Å². The molecule has 0 radical (unpaired) electrons. The van der Waals surface area contributed by atoms with Crippen LogP contribution in [-0.2, 0) is 6.61 Å². The zero-order chi connectivity index (χ0) is 12.3. The minimum absolute atomic E-state index is 0.180. The van der Waals surface area contributed by atoms with Crippen molar-refractivity contribution < 1.29 is 9.13 Å². The summed E-state index contributed by atoms with van der Waals surface area (Å²) in [4.78, 5) is 0. The van der Waals surface area contributed by atoms with E-state index in [0.29, 0.717) is 11.1 Å². The van der Waals surface area contributed by atoms with Gasteiger partial charge in [-0.1, -0.05) is 36.4 Å². The van der Waals surface area contributed by atoms with Crippen LogP contribution in [0.15, 0.2) is 42.5 Å².